The minimum Gasteiger partial charge on any atom is -0.292 e. The van der Waals surface area contributed by atoms with Gasteiger partial charge in [0.2, 0.25) is 12.3 Å². The average molecular weight is 311 g/mol. The molecule has 1 aliphatic carbocycles. The molecule has 0 unspecified atom stereocenters. The number of carbonyl (C=O) groups is 1. The lowest BCUT2D eigenvalue weighted by Crippen LogP contribution is -2.47. The van der Waals surface area contributed by atoms with Gasteiger partial charge in [-0.15, -0.1) is 4.68 Å². The molecule has 0 radical (unpaired) electrons. The Morgan fingerprint density at radius 3 is 2.52 bits per heavy atom. The fourth-order valence-electron chi connectivity index (χ4n) is 3.76. The molecule has 0 N–H and O–H groups in total. The highest BCUT2D eigenvalue weighted by molar-refractivity contribution is 5.80. The number of carbonyl (C=O) groups excluding carboxylic acids is 1. The Kier molecular flexibility index (Phi) is 4.94. The van der Waals surface area contributed by atoms with E-state index in [4.69, 9.17) is 0 Å². The molecule has 2 aromatic rings. The number of hydrogen-bond donors (Lipinski definition) is 0. The predicted molar refractivity (Wildman–Crippen MR) is 91.4 cm³/mol. The summed E-state index contributed by atoms with van der Waals surface area (Å²) in [6.45, 7) is 4.65. The van der Waals surface area contributed by atoms with Crippen LogP contribution in [0.3, 0.4) is 0 Å². The van der Waals surface area contributed by atoms with Gasteiger partial charge in [0.15, 0.2) is 6.20 Å². The molecule has 1 aromatic carbocycles. The highest BCUT2D eigenvalue weighted by Crippen LogP contribution is 2.26. The highest BCUT2D eigenvalue weighted by Gasteiger charge is 2.23. The summed E-state index contributed by atoms with van der Waals surface area (Å²) in [4.78, 5) is 12.6. The van der Waals surface area contributed by atoms with Crippen molar-refractivity contribution in [2.24, 2.45) is 0 Å². The van der Waals surface area contributed by atoms with Crippen LogP contribution in [0.25, 0.3) is 0 Å². The Morgan fingerprint density at radius 1 is 1.13 bits per heavy atom. The molecule has 23 heavy (non-hydrogen) atoms. The van der Waals surface area contributed by atoms with E-state index in [9.17, 15) is 4.79 Å². The number of Topliss-reactive ketones (excluding diaryl/α,β-unsaturated/α-hetero) is 1. The van der Waals surface area contributed by atoms with Crippen molar-refractivity contribution in [1.82, 2.24) is 4.68 Å². The summed E-state index contributed by atoms with van der Waals surface area (Å²) in [6, 6.07) is 8.86. The van der Waals surface area contributed by atoms with Crippen molar-refractivity contribution >= 4 is 5.78 Å². The molecule has 0 saturated heterocycles. The molecule has 3 heteroatoms. The predicted octanol–water partition coefficient (Wildman–Crippen LogP) is 3.71. The lowest BCUT2D eigenvalue weighted by Gasteiger charge is -2.20. The normalized spacial score (nSPS) is 15.7. The van der Waals surface area contributed by atoms with Gasteiger partial charge in [-0.3, -0.25) is 4.79 Å². The van der Waals surface area contributed by atoms with Gasteiger partial charge in [-0.1, -0.05) is 37.5 Å². The van der Waals surface area contributed by atoms with Crippen LogP contribution in [-0.2, 0) is 17.8 Å². The molecule has 1 fully saturated rings. The summed E-state index contributed by atoms with van der Waals surface area (Å²) in [7, 11) is 0. The van der Waals surface area contributed by atoms with Gasteiger partial charge in [0.05, 0.1) is 12.2 Å². The second-order valence-corrected chi connectivity index (χ2v) is 6.85. The van der Waals surface area contributed by atoms with Crippen LogP contribution in [-0.4, -0.2) is 10.5 Å². The van der Waals surface area contributed by atoms with Crippen molar-refractivity contribution in [3.8, 4) is 0 Å². The maximum atomic E-state index is 12.6. The second-order valence-electron chi connectivity index (χ2n) is 6.85. The molecule has 1 heterocycles. The van der Waals surface area contributed by atoms with Crippen molar-refractivity contribution in [2.45, 2.75) is 65.0 Å². The summed E-state index contributed by atoms with van der Waals surface area (Å²) in [5.41, 5.74) is 3.62. The first-order valence-corrected chi connectivity index (χ1v) is 8.78. The zero-order valence-corrected chi connectivity index (χ0v) is 14.3. The van der Waals surface area contributed by atoms with E-state index in [1.807, 2.05) is 6.20 Å². The van der Waals surface area contributed by atoms with Crippen molar-refractivity contribution < 1.29 is 9.48 Å². The molecule has 0 atom stereocenters. The first kappa shape index (κ1) is 16.0. The van der Waals surface area contributed by atoms with Crippen molar-refractivity contribution in [3.05, 3.63) is 53.3 Å². The first-order chi connectivity index (χ1) is 11.1. The molecule has 0 spiro atoms. The Labute approximate surface area is 138 Å². The van der Waals surface area contributed by atoms with Crippen molar-refractivity contribution in [2.75, 3.05) is 0 Å². The number of hydrogen-bond acceptors (Lipinski definition) is 1. The van der Waals surface area contributed by atoms with E-state index >= 15 is 0 Å². The quantitative estimate of drug-likeness (QED) is 0.773. The molecule has 1 saturated carbocycles. The fraction of sp³-hybridized carbons (Fsp3) is 0.500. The average Bonchev–Trinajstić information content (AvgIpc) is 3.00. The Balaban J connectivity index is 1.70. The van der Waals surface area contributed by atoms with Crippen LogP contribution in [0.2, 0.25) is 0 Å². The van der Waals surface area contributed by atoms with E-state index in [2.05, 4.69) is 53.7 Å². The second kappa shape index (κ2) is 7.12. The molecule has 1 aliphatic rings. The van der Waals surface area contributed by atoms with Gasteiger partial charge >= 0.3 is 0 Å². The SMILES string of the molecule is Cc1cccc(C)c1CC(=O)C[n+]1cccn1C1CCCCC1. The summed E-state index contributed by atoms with van der Waals surface area (Å²) < 4.78 is 4.38. The van der Waals surface area contributed by atoms with Crippen LogP contribution < -0.4 is 4.68 Å². The Morgan fingerprint density at radius 2 is 1.83 bits per heavy atom. The third-order valence-electron chi connectivity index (χ3n) is 5.10. The smallest absolute Gasteiger partial charge is 0.230 e. The number of rotatable bonds is 5. The Hall–Kier alpha value is -1.90. The maximum Gasteiger partial charge on any atom is 0.230 e. The fourth-order valence-corrected chi connectivity index (χ4v) is 3.76. The standard InChI is InChI=1S/C20H27N2O/c1-16-8-6-9-17(2)20(16)14-19(23)15-21-12-7-13-22(21)18-10-4-3-5-11-18/h6-9,12-13,18H,3-5,10-11,14-15H2,1-2H3/q+1. The molecular weight excluding hydrogens is 284 g/mol. The topological polar surface area (TPSA) is 25.9 Å². The maximum absolute atomic E-state index is 12.6. The molecule has 3 nitrogen and oxygen atoms in total. The van der Waals surface area contributed by atoms with E-state index < -0.39 is 0 Å². The van der Waals surface area contributed by atoms with E-state index in [0.717, 1.165) is 0 Å². The van der Waals surface area contributed by atoms with Crippen LogP contribution in [0.4, 0.5) is 0 Å². The zero-order valence-electron chi connectivity index (χ0n) is 14.3. The van der Waals surface area contributed by atoms with E-state index in [1.54, 1.807) is 0 Å². The number of aryl methyl sites for hydroxylation is 2. The van der Waals surface area contributed by atoms with Crippen LogP contribution in [0.5, 0.6) is 0 Å². The van der Waals surface area contributed by atoms with Gasteiger partial charge in [-0.05, 0) is 43.4 Å². The van der Waals surface area contributed by atoms with E-state index in [-0.39, 0.29) is 5.78 Å². The lowest BCUT2D eigenvalue weighted by atomic mass is 9.96. The lowest BCUT2D eigenvalue weighted by molar-refractivity contribution is -0.767. The van der Waals surface area contributed by atoms with Gasteiger partial charge in [-0.25, -0.2) is 0 Å². The largest absolute Gasteiger partial charge is 0.292 e. The van der Waals surface area contributed by atoms with Crippen LogP contribution in [0.1, 0.15) is 54.8 Å². The minimum atomic E-state index is 0.281. The zero-order chi connectivity index (χ0) is 16.2. The van der Waals surface area contributed by atoms with Crippen LogP contribution >= 0.6 is 0 Å². The van der Waals surface area contributed by atoms with Gasteiger partial charge in [0.25, 0.3) is 0 Å². The molecular formula is C20H27N2O+. The van der Waals surface area contributed by atoms with E-state index in [1.165, 1.54) is 48.8 Å². The van der Waals surface area contributed by atoms with Crippen LogP contribution in [0.15, 0.2) is 36.7 Å². The molecule has 0 aliphatic heterocycles. The molecule has 0 bridgehead atoms. The molecule has 1 aromatic heterocycles. The molecule has 0 amide bonds. The third-order valence-corrected chi connectivity index (χ3v) is 5.10. The number of aromatic nitrogens is 2. The first-order valence-electron chi connectivity index (χ1n) is 8.78. The number of benzene rings is 1. The molecule has 122 valence electrons. The third kappa shape index (κ3) is 3.72. The van der Waals surface area contributed by atoms with Gasteiger partial charge < -0.3 is 0 Å². The van der Waals surface area contributed by atoms with Crippen LogP contribution in [0, 0.1) is 13.8 Å². The highest BCUT2D eigenvalue weighted by atomic mass is 16.1. The van der Waals surface area contributed by atoms with Gasteiger partial charge in [0.1, 0.15) is 0 Å². The summed E-state index contributed by atoms with van der Waals surface area (Å²) in [5, 5.41) is 0. The van der Waals surface area contributed by atoms with E-state index in [0.29, 0.717) is 19.0 Å². The summed E-state index contributed by atoms with van der Waals surface area (Å²) >= 11 is 0. The summed E-state index contributed by atoms with van der Waals surface area (Å²) in [5.74, 6) is 0.281. The monoisotopic (exact) mass is 311 g/mol. The minimum absolute atomic E-state index is 0.281. The summed E-state index contributed by atoms with van der Waals surface area (Å²) in [6.07, 6.45) is 11.1. The van der Waals surface area contributed by atoms with Gasteiger partial charge in [0, 0.05) is 12.5 Å². The van der Waals surface area contributed by atoms with Crippen molar-refractivity contribution in [1.29, 1.82) is 0 Å². The Bertz CT molecular complexity index is 660. The van der Waals surface area contributed by atoms with Gasteiger partial charge in [-0.2, -0.15) is 4.68 Å². The number of nitrogens with zero attached hydrogens (tertiary/aromatic N) is 2. The molecule has 3 rings (SSSR count). The van der Waals surface area contributed by atoms with Crippen molar-refractivity contribution in [3.63, 3.8) is 0 Å². The number of ketones is 1.